The molecule has 21 heavy (non-hydrogen) atoms. The maximum absolute atomic E-state index is 9.46. The molecule has 3 rings (SSSR count). The molecule has 1 saturated heterocycles. The third-order valence-corrected chi connectivity index (χ3v) is 4.33. The summed E-state index contributed by atoms with van der Waals surface area (Å²) in [6, 6.07) is 6.07. The van der Waals surface area contributed by atoms with Crippen molar-refractivity contribution in [3.8, 4) is 5.75 Å². The number of fused-ring (bicyclic) bond motifs is 1. The fourth-order valence-electron chi connectivity index (χ4n) is 3.28. The number of benzene rings is 1. The van der Waals surface area contributed by atoms with Gasteiger partial charge in [0.2, 0.25) is 0 Å². The van der Waals surface area contributed by atoms with Crippen molar-refractivity contribution in [3.05, 3.63) is 30.0 Å². The number of aromatic nitrogens is 1. The molecule has 1 fully saturated rings. The second-order valence-corrected chi connectivity index (χ2v) is 5.78. The van der Waals surface area contributed by atoms with E-state index < -0.39 is 0 Å². The zero-order valence-corrected chi connectivity index (χ0v) is 12.7. The molecule has 0 aliphatic carbocycles. The van der Waals surface area contributed by atoms with E-state index in [1.54, 1.807) is 7.11 Å². The SMILES string of the molecule is COc1cccc2c(N3CCCC(CO)C3)c(C)cnc12. The first-order chi connectivity index (χ1) is 10.2. The first kappa shape index (κ1) is 14.1. The topological polar surface area (TPSA) is 45.6 Å². The Balaban J connectivity index is 2.10. The minimum Gasteiger partial charge on any atom is -0.494 e. The molecule has 2 heterocycles. The highest BCUT2D eigenvalue weighted by Gasteiger charge is 2.22. The first-order valence-electron chi connectivity index (χ1n) is 7.52. The summed E-state index contributed by atoms with van der Waals surface area (Å²) >= 11 is 0. The number of aryl methyl sites for hydroxylation is 1. The van der Waals surface area contributed by atoms with Crippen molar-refractivity contribution in [2.75, 3.05) is 31.7 Å². The van der Waals surface area contributed by atoms with Crippen molar-refractivity contribution >= 4 is 16.6 Å². The normalized spacial score (nSPS) is 19.0. The van der Waals surface area contributed by atoms with E-state index in [9.17, 15) is 5.11 Å². The highest BCUT2D eigenvalue weighted by atomic mass is 16.5. The van der Waals surface area contributed by atoms with Crippen LogP contribution in [0.5, 0.6) is 5.75 Å². The third-order valence-electron chi connectivity index (χ3n) is 4.33. The largest absolute Gasteiger partial charge is 0.494 e. The van der Waals surface area contributed by atoms with Crippen LogP contribution in [-0.2, 0) is 0 Å². The zero-order valence-electron chi connectivity index (χ0n) is 12.7. The Morgan fingerprint density at radius 3 is 3.05 bits per heavy atom. The van der Waals surface area contributed by atoms with E-state index in [1.165, 1.54) is 11.3 Å². The minimum absolute atomic E-state index is 0.266. The van der Waals surface area contributed by atoms with Gasteiger partial charge in [-0.3, -0.25) is 4.98 Å². The molecule has 4 heteroatoms. The monoisotopic (exact) mass is 286 g/mol. The van der Waals surface area contributed by atoms with Crippen LogP contribution in [-0.4, -0.2) is 36.9 Å². The molecule has 1 atom stereocenters. The Labute approximate surface area is 125 Å². The molecule has 112 valence electrons. The smallest absolute Gasteiger partial charge is 0.145 e. The number of pyridine rings is 1. The molecule has 1 unspecified atom stereocenters. The lowest BCUT2D eigenvalue weighted by molar-refractivity contribution is 0.209. The molecule has 2 aromatic rings. The third kappa shape index (κ3) is 2.56. The average molecular weight is 286 g/mol. The highest BCUT2D eigenvalue weighted by molar-refractivity contribution is 5.96. The van der Waals surface area contributed by atoms with Crippen LogP contribution >= 0.6 is 0 Å². The van der Waals surface area contributed by atoms with Crippen molar-refractivity contribution in [2.45, 2.75) is 19.8 Å². The molecule has 1 aromatic carbocycles. The van der Waals surface area contributed by atoms with E-state index in [4.69, 9.17) is 4.74 Å². The van der Waals surface area contributed by atoms with Crippen molar-refractivity contribution < 1.29 is 9.84 Å². The number of aliphatic hydroxyl groups is 1. The Morgan fingerprint density at radius 2 is 2.29 bits per heavy atom. The molecule has 0 bridgehead atoms. The van der Waals surface area contributed by atoms with Crippen LogP contribution in [0.3, 0.4) is 0 Å². The first-order valence-corrected chi connectivity index (χ1v) is 7.52. The van der Waals surface area contributed by atoms with E-state index in [0.29, 0.717) is 5.92 Å². The van der Waals surface area contributed by atoms with Gasteiger partial charge in [0.05, 0.1) is 12.8 Å². The summed E-state index contributed by atoms with van der Waals surface area (Å²) < 4.78 is 5.43. The Kier molecular flexibility index (Phi) is 3.97. The zero-order chi connectivity index (χ0) is 14.8. The average Bonchev–Trinajstić information content (AvgIpc) is 2.54. The van der Waals surface area contributed by atoms with Crippen molar-refractivity contribution in [3.63, 3.8) is 0 Å². The number of hydrogen-bond acceptors (Lipinski definition) is 4. The summed E-state index contributed by atoms with van der Waals surface area (Å²) in [6.45, 7) is 4.31. The van der Waals surface area contributed by atoms with Gasteiger partial charge < -0.3 is 14.7 Å². The fraction of sp³-hybridized carbons (Fsp3) is 0.471. The van der Waals surface area contributed by atoms with Gasteiger partial charge in [-0.25, -0.2) is 0 Å². The van der Waals surface area contributed by atoms with Gasteiger partial charge >= 0.3 is 0 Å². The molecule has 1 aromatic heterocycles. The van der Waals surface area contributed by atoms with Crippen LogP contribution in [0.25, 0.3) is 10.9 Å². The van der Waals surface area contributed by atoms with Gasteiger partial charge in [0.1, 0.15) is 11.3 Å². The molecule has 1 N–H and O–H groups in total. The van der Waals surface area contributed by atoms with Crippen LogP contribution in [0.4, 0.5) is 5.69 Å². The van der Waals surface area contributed by atoms with Crippen molar-refractivity contribution in [2.24, 2.45) is 5.92 Å². The van der Waals surface area contributed by atoms with Gasteiger partial charge in [0.25, 0.3) is 0 Å². The standard InChI is InChI=1S/C17H22N2O2/c1-12-9-18-16-14(6-3-7-15(16)21-2)17(12)19-8-4-5-13(10-19)11-20/h3,6-7,9,13,20H,4-5,8,10-11H2,1-2H3. The van der Waals surface area contributed by atoms with Crippen LogP contribution in [0.2, 0.25) is 0 Å². The van der Waals surface area contributed by atoms with Crippen LogP contribution < -0.4 is 9.64 Å². The number of anilines is 1. The number of methoxy groups -OCH3 is 1. The summed E-state index contributed by atoms with van der Waals surface area (Å²) in [7, 11) is 1.68. The summed E-state index contributed by atoms with van der Waals surface area (Å²) in [4.78, 5) is 6.94. The summed E-state index contributed by atoms with van der Waals surface area (Å²) in [5.74, 6) is 1.18. The van der Waals surface area contributed by atoms with Crippen LogP contribution in [0, 0.1) is 12.8 Å². The maximum atomic E-state index is 9.46. The number of nitrogens with zero attached hydrogens (tertiary/aromatic N) is 2. The van der Waals surface area contributed by atoms with E-state index in [0.717, 1.165) is 42.6 Å². The van der Waals surface area contributed by atoms with Gasteiger partial charge in [-0.05, 0) is 37.3 Å². The van der Waals surface area contributed by atoms with E-state index in [2.05, 4.69) is 22.9 Å². The van der Waals surface area contributed by atoms with E-state index >= 15 is 0 Å². The molecule has 4 nitrogen and oxygen atoms in total. The number of piperidine rings is 1. The predicted octanol–water partition coefficient (Wildman–Crippen LogP) is 2.76. The second kappa shape index (κ2) is 5.90. The molecule has 1 aliphatic heterocycles. The van der Waals surface area contributed by atoms with Crippen LogP contribution in [0.15, 0.2) is 24.4 Å². The second-order valence-electron chi connectivity index (χ2n) is 5.78. The number of ether oxygens (including phenoxy) is 1. The van der Waals surface area contributed by atoms with Crippen molar-refractivity contribution in [1.29, 1.82) is 0 Å². The lowest BCUT2D eigenvalue weighted by Crippen LogP contribution is -2.37. The Bertz CT molecular complexity index is 642. The number of aliphatic hydroxyl groups excluding tert-OH is 1. The summed E-state index contributed by atoms with van der Waals surface area (Å²) in [6.07, 6.45) is 4.15. The van der Waals surface area contributed by atoms with Crippen LogP contribution in [0.1, 0.15) is 18.4 Å². The Hall–Kier alpha value is -1.81. The Morgan fingerprint density at radius 1 is 1.43 bits per heavy atom. The number of rotatable bonds is 3. The fourth-order valence-corrected chi connectivity index (χ4v) is 3.28. The minimum atomic E-state index is 0.266. The summed E-state index contributed by atoms with van der Waals surface area (Å²) in [5, 5.41) is 10.6. The van der Waals surface area contributed by atoms with Gasteiger partial charge in [-0.15, -0.1) is 0 Å². The van der Waals surface area contributed by atoms with Gasteiger partial charge in [-0.2, -0.15) is 0 Å². The van der Waals surface area contributed by atoms with Gasteiger partial charge in [0, 0.05) is 31.3 Å². The molecule has 0 radical (unpaired) electrons. The highest BCUT2D eigenvalue weighted by Crippen LogP contribution is 2.35. The van der Waals surface area contributed by atoms with Gasteiger partial charge in [-0.1, -0.05) is 12.1 Å². The number of hydrogen-bond donors (Lipinski definition) is 1. The molecule has 0 spiro atoms. The van der Waals surface area contributed by atoms with Crippen molar-refractivity contribution in [1.82, 2.24) is 4.98 Å². The molecular formula is C17H22N2O2. The van der Waals surface area contributed by atoms with E-state index in [-0.39, 0.29) is 6.61 Å². The molecule has 1 aliphatic rings. The summed E-state index contributed by atoms with van der Waals surface area (Å²) in [5.41, 5.74) is 3.32. The molecule has 0 amide bonds. The van der Waals surface area contributed by atoms with E-state index in [1.807, 2.05) is 18.3 Å². The quantitative estimate of drug-likeness (QED) is 0.942. The molecule has 0 saturated carbocycles. The number of para-hydroxylation sites is 1. The predicted molar refractivity (Wildman–Crippen MR) is 85.1 cm³/mol. The maximum Gasteiger partial charge on any atom is 0.145 e. The van der Waals surface area contributed by atoms with Gasteiger partial charge in [0.15, 0.2) is 0 Å². The lowest BCUT2D eigenvalue weighted by Gasteiger charge is -2.35. The lowest BCUT2D eigenvalue weighted by atomic mass is 9.97. The molecular weight excluding hydrogens is 264 g/mol.